The highest BCUT2D eigenvalue weighted by Gasteiger charge is 2.42. The second-order valence-electron chi connectivity index (χ2n) is 6.37. The highest BCUT2D eigenvalue weighted by Crippen LogP contribution is 2.29. The van der Waals surface area contributed by atoms with Gasteiger partial charge in [-0.2, -0.15) is 13.2 Å². The van der Waals surface area contributed by atoms with E-state index in [9.17, 15) is 35.9 Å². The fraction of sp³-hybridized carbons (Fsp3) is 0.375. The number of alkyl halides is 3. The molecule has 0 radical (unpaired) electrons. The molecule has 2 amide bonds. The van der Waals surface area contributed by atoms with Gasteiger partial charge in [0.25, 0.3) is 5.91 Å². The van der Waals surface area contributed by atoms with Crippen LogP contribution in [0, 0.1) is 17.5 Å². The smallest absolute Gasteiger partial charge is 0.327 e. The largest absolute Gasteiger partial charge is 0.451 e. The van der Waals surface area contributed by atoms with Crippen molar-refractivity contribution in [3.63, 3.8) is 0 Å². The Labute approximate surface area is 159 Å². The van der Waals surface area contributed by atoms with Crippen molar-refractivity contribution < 1.29 is 35.9 Å². The van der Waals surface area contributed by atoms with Crippen molar-refractivity contribution in [2.45, 2.75) is 31.6 Å². The van der Waals surface area contributed by atoms with Crippen LogP contribution in [-0.2, 0) is 23.9 Å². The first-order valence-electron chi connectivity index (χ1n) is 8.23. The lowest BCUT2D eigenvalue weighted by Gasteiger charge is -2.27. The Kier molecular flexibility index (Phi) is 5.34. The lowest BCUT2D eigenvalue weighted by atomic mass is 10.0. The van der Waals surface area contributed by atoms with Crippen molar-refractivity contribution >= 4 is 11.8 Å². The summed E-state index contributed by atoms with van der Waals surface area (Å²) in [6.07, 6.45) is -5.62. The summed E-state index contributed by atoms with van der Waals surface area (Å²) in [7, 11) is 0. The molecule has 0 aliphatic carbocycles. The maximum Gasteiger partial charge on any atom is 0.451 e. The average molecular weight is 421 g/mol. The van der Waals surface area contributed by atoms with Crippen LogP contribution in [0.2, 0.25) is 0 Å². The molecule has 1 aromatic heterocycles. The first kappa shape index (κ1) is 20.8. The second-order valence-corrected chi connectivity index (χ2v) is 6.37. The first-order valence-corrected chi connectivity index (χ1v) is 8.23. The normalized spacial score (nSPS) is 15.4. The van der Waals surface area contributed by atoms with Crippen LogP contribution in [0.5, 0.6) is 0 Å². The number of benzene rings is 1. The van der Waals surface area contributed by atoms with Gasteiger partial charge in [0.05, 0.1) is 0 Å². The van der Waals surface area contributed by atoms with E-state index in [1.54, 1.807) is 0 Å². The Bertz CT molecular complexity index is 973. The van der Waals surface area contributed by atoms with Gasteiger partial charge in [-0.3, -0.25) is 19.1 Å². The van der Waals surface area contributed by atoms with E-state index in [0.29, 0.717) is 21.6 Å². The summed E-state index contributed by atoms with van der Waals surface area (Å²) in [6.45, 7) is -0.722. The minimum atomic E-state index is -4.81. The molecule has 0 saturated heterocycles. The molecule has 1 atom stereocenters. The van der Waals surface area contributed by atoms with Crippen molar-refractivity contribution in [1.82, 2.24) is 19.7 Å². The molecule has 29 heavy (non-hydrogen) atoms. The number of aromatic nitrogens is 3. The van der Waals surface area contributed by atoms with Gasteiger partial charge in [-0.05, 0) is 18.1 Å². The molecule has 2 N–H and O–H groups in total. The molecule has 156 valence electrons. The third kappa shape index (κ3) is 4.09. The topological polar surface area (TPSA) is 94.1 Å². The Morgan fingerprint density at radius 2 is 1.76 bits per heavy atom. The molecule has 2 heterocycles. The zero-order chi connectivity index (χ0) is 21.5. The van der Waals surface area contributed by atoms with Crippen molar-refractivity contribution in [1.29, 1.82) is 0 Å². The zero-order valence-corrected chi connectivity index (χ0v) is 14.5. The number of hydrogen-bond donors (Lipinski definition) is 1. The van der Waals surface area contributed by atoms with Crippen molar-refractivity contribution in [2.75, 3.05) is 6.54 Å². The van der Waals surface area contributed by atoms with E-state index in [-0.39, 0.29) is 25.1 Å². The van der Waals surface area contributed by atoms with E-state index >= 15 is 0 Å². The standard InChI is InChI=1S/C16H13F6N5O2/c17-9-6-11(19)10(18)4-7(9)3-8(23)5-12(28)26-1-2-27-13(14(26)29)24-25-15(27)16(20,21)22/h4,6,8H,1-3,5,23H2/t8-/m1/s1. The molecule has 0 spiro atoms. The molecule has 1 aromatic carbocycles. The summed E-state index contributed by atoms with van der Waals surface area (Å²) >= 11 is 0. The third-order valence-electron chi connectivity index (χ3n) is 4.30. The average Bonchev–Trinajstić information content (AvgIpc) is 3.05. The molecular formula is C16H13F6N5O2. The van der Waals surface area contributed by atoms with Crippen LogP contribution in [0.3, 0.4) is 0 Å². The number of rotatable bonds is 4. The summed E-state index contributed by atoms with van der Waals surface area (Å²) < 4.78 is 79.0. The lowest BCUT2D eigenvalue weighted by Crippen LogP contribution is -2.46. The minimum Gasteiger partial charge on any atom is -0.327 e. The maximum atomic E-state index is 13.7. The molecule has 0 bridgehead atoms. The number of nitrogens with zero attached hydrogens (tertiary/aromatic N) is 4. The number of nitrogens with two attached hydrogens (primary N) is 1. The Morgan fingerprint density at radius 3 is 2.41 bits per heavy atom. The molecule has 7 nitrogen and oxygen atoms in total. The third-order valence-corrected chi connectivity index (χ3v) is 4.30. The van der Waals surface area contributed by atoms with E-state index in [0.717, 1.165) is 0 Å². The highest BCUT2D eigenvalue weighted by molar-refractivity contribution is 6.03. The lowest BCUT2D eigenvalue weighted by molar-refractivity contribution is -0.147. The SMILES string of the molecule is N[C@@H](CC(=O)N1CCn2c(nnc2C(F)(F)F)C1=O)Cc1cc(F)c(F)cc1F. The van der Waals surface area contributed by atoms with E-state index in [1.165, 1.54) is 0 Å². The molecular weight excluding hydrogens is 408 g/mol. The summed E-state index contributed by atoms with van der Waals surface area (Å²) in [5.41, 5.74) is 5.49. The monoisotopic (exact) mass is 421 g/mol. The van der Waals surface area contributed by atoms with Gasteiger partial charge in [0.15, 0.2) is 11.6 Å². The fourth-order valence-corrected chi connectivity index (χ4v) is 2.95. The number of carbonyl (C=O) groups is 2. The van der Waals surface area contributed by atoms with Crippen molar-refractivity contribution in [3.05, 3.63) is 46.8 Å². The van der Waals surface area contributed by atoms with Gasteiger partial charge in [-0.25, -0.2) is 13.2 Å². The Morgan fingerprint density at radius 1 is 1.10 bits per heavy atom. The van der Waals surface area contributed by atoms with Crippen LogP contribution in [0.25, 0.3) is 0 Å². The van der Waals surface area contributed by atoms with Gasteiger partial charge >= 0.3 is 6.18 Å². The molecule has 2 aromatic rings. The number of carbonyl (C=O) groups excluding carboxylic acids is 2. The van der Waals surface area contributed by atoms with Crippen LogP contribution in [-0.4, -0.2) is 44.1 Å². The first-order chi connectivity index (χ1) is 13.5. The van der Waals surface area contributed by atoms with E-state index in [2.05, 4.69) is 10.2 Å². The molecule has 0 fully saturated rings. The molecule has 3 rings (SSSR count). The van der Waals surface area contributed by atoms with Crippen molar-refractivity contribution in [2.24, 2.45) is 5.73 Å². The number of imide groups is 1. The minimum absolute atomic E-state index is 0.260. The maximum absolute atomic E-state index is 13.7. The van der Waals surface area contributed by atoms with E-state index < -0.39 is 59.6 Å². The van der Waals surface area contributed by atoms with Gasteiger partial charge in [0.2, 0.25) is 17.6 Å². The fourth-order valence-electron chi connectivity index (χ4n) is 2.95. The summed E-state index contributed by atoms with van der Waals surface area (Å²) in [5, 5.41) is 6.16. The quantitative estimate of drug-likeness (QED) is 0.599. The summed E-state index contributed by atoms with van der Waals surface area (Å²) in [6, 6.07) is -0.0964. The molecule has 0 saturated carbocycles. The van der Waals surface area contributed by atoms with Crippen molar-refractivity contribution in [3.8, 4) is 0 Å². The Balaban J connectivity index is 1.69. The van der Waals surface area contributed by atoms with Crippen LogP contribution in [0.15, 0.2) is 12.1 Å². The Hall–Kier alpha value is -2.96. The molecule has 1 aliphatic heterocycles. The van der Waals surface area contributed by atoms with Gasteiger partial charge in [-0.1, -0.05) is 0 Å². The number of hydrogen-bond acceptors (Lipinski definition) is 5. The predicted octanol–water partition coefficient (Wildman–Crippen LogP) is 1.66. The zero-order valence-electron chi connectivity index (χ0n) is 14.5. The number of halogens is 6. The second kappa shape index (κ2) is 7.46. The van der Waals surface area contributed by atoms with Gasteiger partial charge in [0, 0.05) is 31.6 Å². The molecule has 1 aliphatic rings. The molecule has 13 heteroatoms. The van der Waals surface area contributed by atoms with Crippen LogP contribution in [0.4, 0.5) is 26.3 Å². The summed E-state index contributed by atoms with van der Waals surface area (Å²) in [4.78, 5) is 25.3. The summed E-state index contributed by atoms with van der Waals surface area (Å²) in [5.74, 6) is -7.60. The number of amides is 2. The number of fused-ring (bicyclic) bond motifs is 1. The molecule has 0 unspecified atom stereocenters. The van der Waals surface area contributed by atoms with Crippen LogP contribution >= 0.6 is 0 Å². The van der Waals surface area contributed by atoms with E-state index in [4.69, 9.17) is 5.73 Å². The van der Waals surface area contributed by atoms with Gasteiger partial charge < -0.3 is 5.73 Å². The van der Waals surface area contributed by atoms with Crippen LogP contribution < -0.4 is 5.73 Å². The van der Waals surface area contributed by atoms with E-state index in [1.807, 2.05) is 0 Å². The highest BCUT2D eigenvalue weighted by atomic mass is 19.4. The van der Waals surface area contributed by atoms with Gasteiger partial charge in [-0.15, -0.1) is 10.2 Å². The predicted molar refractivity (Wildman–Crippen MR) is 83.7 cm³/mol. The van der Waals surface area contributed by atoms with Crippen LogP contribution in [0.1, 0.15) is 28.4 Å². The van der Waals surface area contributed by atoms with Gasteiger partial charge in [0.1, 0.15) is 5.82 Å².